The third-order valence-electron chi connectivity index (χ3n) is 4.38. The van der Waals surface area contributed by atoms with E-state index in [1.165, 1.54) is 9.80 Å². The summed E-state index contributed by atoms with van der Waals surface area (Å²) in [5.41, 5.74) is -2.65. The highest BCUT2D eigenvalue weighted by Crippen LogP contribution is 2.30. The summed E-state index contributed by atoms with van der Waals surface area (Å²) in [5, 5.41) is 8.65. The van der Waals surface area contributed by atoms with E-state index in [1.54, 1.807) is 0 Å². The molecule has 0 atom stereocenters. The molecule has 1 aliphatic rings. The Morgan fingerprint density at radius 3 is 2.52 bits per heavy atom. The average molecular weight is 409 g/mol. The number of anilines is 1. The Hall–Kier alpha value is -2.26. The predicted molar refractivity (Wildman–Crippen MR) is 98.0 cm³/mol. The van der Waals surface area contributed by atoms with Crippen LogP contribution in [0.2, 0.25) is 0 Å². The van der Waals surface area contributed by atoms with Gasteiger partial charge in [-0.3, -0.25) is 4.79 Å². The normalized spacial score (nSPS) is 17.1. The molecule has 10 heteroatoms. The number of nitrogens with zero attached hydrogens (tertiary/aromatic N) is 3. The van der Waals surface area contributed by atoms with Crippen LogP contribution in [0.4, 0.5) is 18.9 Å². The smallest absolute Gasteiger partial charge is 0.341 e. The number of hydrogen-bond donors (Lipinski definition) is 1. The summed E-state index contributed by atoms with van der Waals surface area (Å²) >= 11 is 0. The molecule has 2 heterocycles. The van der Waals surface area contributed by atoms with Crippen LogP contribution in [0.25, 0.3) is 10.9 Å². The molecule has 1 saturated heterocycles. The summed E-state index contributed by atoms with van der Waals surface area (Å²) in [6.07, 6.45) is 0.837. The van der Waals surface area contributed by atoms with Crippen molar-refractivity contribution in [1.29, 1.82) is 0 Å². The van der Waals surface area contributed by atoms with Gasteiger partial charge in [0.05, 0.1) is 17.4 Å². The van der Waals surface area contributed by atoms with E-state index in [1.807, 2.05) is 0 Å². The topological polar surface area (TPSA) is 65.8 Å². The van der Waals surface area contributed by atoms with Crippen LogP contribution in [-0.4, -0.2) is 60.4 Å². The van der Waals surface area contributed by atoms with Crippen LogP contribution in [0.5, 0.6) is 0 Å². The van der Waals surface area contributed by atoms with Gasteiger partial charge in [-0.2, -0.15) is 0 Å². The molecule has 2 aromatic rings. The third-order valence-corrected chi connectivity index (χ3v) is 4.38. The first-order valence-corrected chi connectivity index (χ1v) is 7.90. The van der Waals surface area contributed by atoms with Crippen LogP contribution in [0, 0.1) is 11.6 Å². The van der Waals surface area contributed by atoms with Gasteiger partial charge >= 0.3 is 5.97 Å². The Balaban J connectivity index is 0.00000320. The first-order valence-electron chi connectivity index (χ1n) is 9.40. The van der Waals surface area contributed by atoms with Crippen molar-refractivity contribution in [3.63, 3.8) is 0 Å². The van der Waals surface area contributed by atoms with Crippen molar-refractivity contribution >= 4 is 35.0 Å². The van der Waals surface area contributed by atoms with E-state index in [-0.39, 0.29) is 38.6 Å². The minimum atomic E-state index is -2.32. The van der Waals surface area contributed by atoms with E-state index in [0.29, 0.717) is 0 Å². The molecule has 0 aliphatic carbocycles. The van der Waals surface area contributed by atoms with E-state index in [4.69, 9.17) is 9.22 Å². The van der Waals surface area contributed by atoms with Gasteiger partial charge in [0.2, 0.25) is 5.43 Å². The van der Waals surface area contributed by atoms with Crippen LogP contribution in [0.15, 0.2) is 17.1 Å². The number of likely N-dealkylation sites (N-methyl/N-ethyl adjacent to an activating group) is 1. The second-order valence-electron chi connectivity index (χ2n) is 5.95. The molecule has 0 radical (unpaired) electrons. The number of pyridine rings is 1. The lowest BCUT2D eigenvalue weighted by molar-refractivity contribution is 0.0694. The van der Waals surface area contributed by atoms with Gasteiger partial charge in [-0.05, 0) is 13.0 Å². The van der Waals surface area contributed by atoms with Crippen molar-refractivity contribution in [2.75, 3.05) is 44.7 Å². The summed E-state index contributed by atoms with van der Waals surface area (Å²) < 4.78 is 66.2. The van der Waals surface area contributed by atoms with Crippen LogP contribution >= 0.6 is 12.4 Å². The molecule has 148 valence electrons. The number of piperazine rings is 1. The Bertz CT molecular complexity index is 1020. The molecule has 3 rings (SSSR count). The lowest BCUT2D eigenvalue weighted by atomic mass is 10.1. The number of carboxylic acids is 1. The molecule has 27 heavy (non-hydrogen) atoms. The number of benzene rings is 1. The van der Waals surface area contributed by atoms with E-state index in [9.17, 15) is 18.4 Å². The zero-order valence-electron chi connectivity index (χ0n) is 17.0. The van der Waals surface area contributed by atoms with Crippen molar-refractivity contribution in [3.8, 4) is 0 Å². The van der Waals surface area contributed by atoms with Gasteiger partial charge in [0.25, 0.3) is 0 Å². The summed E-state index contributed by atoms with van der Waals surface area (Å²) in [5.74, 6) is -3.79. The Kier molecular flexibility index (Phi) is 5.11. The number of aryl methyl sites for hydroxylation is 1. The highest BCUT2D eigenvalue weighted by molar-refractivity contribution is 5.93. The van der Waals surface area contributed by atoms with E-state index < -0.39 is 65.4 Å². The monoisotopic (exact) mass is 408 g/mol. The molecule has 0 saturated carbocycles. The van der Waals surface area contributed by atoms with Crippen molar-refractivity contribution in [2.45, 2.75) is 6.54 Å². The fourth-order valence-electron chi connectivity index (χ4n) is 3.12. The summed E-state index contributed by atoms with van der Waals surface area (Å²) in [6.45, 7) is -3.56. The SMILES string of the molecule is Cl.[2H]C([2H])([2H])N1CCN(c2c(F)cc3c(=O)c(C(=O)O)cn(CCF)c3c2F)CC1. The maximum Gasteiger partial charge on any atom is 0.341 e. The minimum absolute atomic E-state index is 0. The maximum absolute atomic E-state index is 15.3. The van der Waals surface area contributed by atoms with Crippen molar-refractivity contribution in [1.82, 2.24) is 9.47 Å². The van der Waals surface area contributed by atoms with Crippen LogP contribution in [0.1, 0.15) is 14.5 Å². The molecule has 1 aliphatic heterocycles. The number of carbonyl (C=O) groups is 1. The van der Waals surface area contributed by atoms with Crippen molar-refractivity contribution in [2.24, 2.45) is 0 Å². The summed E-state index contributed by atoms with van der Waals surface area (Å²) in [7, 11) is 0. The lowest BCUT2D eigenvalue weighted by Gasteiger charge is -2.34. The summed E-state index contributed by atoms with van der Waals surface area (Å²) in [4.78, 5) is 26.2. The molecule has 1 aromatic heterocycles. The van der Waals surface area contributed by atoms with Gasteiger partial charge in [0.15, 0.2) is 5.82 Å². The molecule has 1 fully saturated rings. The fourth-order valence-corrected chi connectivity index (χ4v) is 3.12. The number of aromatic nitrogens is 1. The average Bonchev–Trinajstić information content (AvgIpc) is 2.63. The lowest BCUT2D eigenvalue weighted by Crippen LogP contribution is -2.45. The number of halogens is 4. The van der Waals surface area contributed by atoms with Gasteiger partial charge < -0.3 is 19.5 Å². The third kappa shape index (κ3) is 3.74. The Morgan fingerprint density at radius 1 is 1.30 bits per heavy atom. The fraction of sp³-hybridized carbons (Fsp3) is 0.412. The number of rotatable bonds is 4. The molecular formula is C17H19ClF3N3O3. The molecule has 0 bridgehead atoms. The second-order valence-corrected chi connectivity index (χ2v) is 5.95. The van der Waals surface area contributed by atoms with Gasteiger partial charge in [0, 0.05) is 36.5 Å². The first kappa shape index (κ1) is 16.9. The highest BCUT2D eigenvalue weighted by atomic mass is 35.5. The van der Waals surface area contributed by atoms with Gasteiger partial charge in [-0.1, -0.05) is 0 Å². The molecule has 0 spiro atoms. The predicted octanol–water partition coefficient (Wildman–Crippen LogP) is 2.12. The van der Waals surface area contributed by atoms with Crippen LogP contribution < -0.4 is 10.3 Å². The quantitative estimate of drug-likeness (QED) is 0.839. The molecular weight excluding hydrogens is 387 g/mol. The van der Waals surface area contributed by atoms with Gasteiger partial charge in [-0.25, -0.2) is 18.0 Å². The Morgan fingerprint density at radius 2 is 1.96 bits per heavy atom. The molecule has 6 nitrogen and oxygen atoms in total. The second kappa shape index (κ2) is 8.18. The van der Waals surface area contributed by atoms with Crippen molar-refractivity contribution in [3.05, 3.63) is 39.7 Å². The van der Waals surface area contributed by atoms with E-state index in [2.05, 4.69) is 0 Å². The van der Waals surface area contributed by atoms with E-state index in [0.717, 1.165) is 16.8 Å². The standard InChI is InChI=1S/C17H18F3N3O3.ClH/c1-21-4-6-22(7-5-21)15-12(19)8-10-14(13(15)20)23(3-2-18)9-11(16(10)24)17(25)26;/h8-9H,2-7H2,1H3,(H,25,26);1H/i1D3;. The van der Waals surface area contributed by atoms with Crippen molar-refractivity contribution < 1.29 is 27.2 Å². The maximum atomic E-state index is 15.3. The molecule has 1 N–H and O–H groups in total. The van der Waals surface area contributed by atoms with Crippen LogP contribution in [-0.2, 0) is 6.54 Å². The zero-order valence-corrected chi connectivity index (χ0v) is 14.9. The highest BCUT2D eigenvalue weighted by Gasteiger charge is 2.26. The minimum Gasteiger partial charge on any atom is -0.477 e. The molecule has 0 amide bonds. The Labute approximate surface area is 163 Å². The molecule has 0 unspecified atom stereocenters. The van der Waals surface area contributed by atoms with Gasteiger partial charge in [0.1, 0.15) is 23.7 Å². The van der Waals surface area contributed by atoms with Gasteiger partial charge in [-0.15, -0.1) is 12.4 Å². The number of fused-ring (bicyclic) bond motifs is 1. The number of alkyl halides is 1. The summed E-state index contributed by atoms with van der Waals surface area (Å²) in [6, 6.07) is 0.743. The zero-order chi connectivity index (χ0) is 21.5. The molecule has 1 aromatic carbocycles. The van der Waals surface area contributed by atoms with E-state index >= 15 is 4.39 Å². The number of carboxylic acid groups (broad SMARTS) is 1. The first-order chi connectivity index (χ1) is 13.6. The van der Waals surface area contributed by atoms with Crippen LogP contribution in [0.3, 0.4) is 0 Å². The largest absolute Gasteiger partial charge is 0.477 e. The number of hydrogen-bond acceptors (Lipinski definition) is 4. The number of aromatic carboxylic acids is 1.